The Morgan fingerprint density at radius 3 is 1.96 bits per heavy atom. The molecule has 0 aliphatic carbocycles. The van der Waals surface area contributed by atoms with Crippen LogP contribution in [0.25, 0.3) is 0 Å². The Bertz CT molecular complexity index is 453. The maximum atomic E-state index is 9.18. The second kappa shape index (κ2) is 13.0. The summed E-state index contributed by atoms with van der Waals surface area (Å²) in [5, 5.41) is 9.39. The lowest BCUT2D eigenvalue weighted by atomic mass is 10.0. The summed E-state index contributed by atoms with van der Waals surface area (Å²) in [4.78, 5) is 0. The molecule has 0 amide bonds. The van der Waals surface area contributed by atoms with Crippen LogP contribution in [0.2, 0.25) is 18.1 Å². The number of ether oxygens (including phenoxy) is 1. The third kappa shape index (κ3) is 9.42. The minimum atomic E-state index is -1.83. The van der Waals surface area contributed by atoms with Crippen LogP contribution in [-0.2, 0) is 9.16 Å². The van der Waals surface area contributed by atoms with Gasteiger partial charge in [0.1, 0.15) is 6.10 Å². The van der Waals surface area contributed by atoms with Gasteiger partial charge >= 0.3 is 0 Å². The predicted molar refractivity (Wildman–Crippen MR) is 122 cm³/mol. The molecule has 1 fully saturated rings. The van der Waals surface area contributed by atoms with Gasteiger partial charge < -0.3 is 9.16 Å². The van der Waals surface area contributed by atoms with Crippen LogP contribution in [0.1, 0.15) is 111 Å². The van der Waals surface area contributed by atoms with Crippen LogP contribution in [0, 0.1) is 11.3 Å². The van der Waals surface area contributed by atoms with Gasteiger partial charge in [0, 0.05) is 0 Å². The molecule has 0 radical (unpaired) electrons. The maximum absolute atomic E-state index is 9.18. The smallest absolute Gasteiger partial charge is 0.192 e. The Hall–Kier alpha value is -0.373. The fourth-order valence-corrected chi connectivity index (χ4v) is 5.12. The minimum Gasteiger partial charge on any atom is -0.411 e. The standard InChI is InChI=1S/C24H47NO2Si/c1-7-8-9-10-11-12-13-14-15-16-17-23(22-19-18-21(20-25)26-22)27-28(5,6)24(2,3)4/h21-23H,7-19H2,1-6H3/t21-,22-,23-/m0/s1. The van der Waals surface area contributed by atoms with Crippen molar-refractivity contribution >= 4 is 8.32 Å². The van der Waals surface area contributed by atoms with Gasteiger partial charge in [0.05, 0.1) is 18.3 Å². The van der Waals surface area contributed by atoms with Gasteiger partial charge in [-0.3, -0.25) is 0 Å². The molecule has 0 unspecified atom stereocenters. The number of rotatable bonds is 14. The molecule has 28 heavy (non-hydrogen) atoms. The van der Waals surface area contributed by atoms with E-state index in [2.05, 4.69) is 46.9 Å². The lowest BCUT2D eigenvalue weighted by molar-refractivity contribution is -0.0167. The molecule has 0 saturated carbocycles. The summed E-state index contributed by atoms with van der Waals surface area (Å²) in [6, 6.07) is 2.28. The van der Waals surface area contributed by atoms with Crippen LogP contribution >= 0.6 is 0 Å². The van der Waals surface area contributed by atoms with Crippen molar-refractivity contribution in [3.05, 3.63) is 0 Å². The Morgan fingerprint density at radius 1 is 0.964 bits per heavy atom. The summed E-state index contributed by atoms with van der Waals surface area (Å²) in [6.45, 7) is 13.8. The van der Waals surface area contributed by atoms with E-state index in [0.29, 0.717) is 0 Å². The number of nitriles is 1. The largest absolute Gasteiger partial charge is 0.411 e. The van der Waals surface area contributed by atoms with E-state index in [0.717, 1.165) is 19.3 Å². The highest BCUT2D eigenvalue weighted by molar-refractivity contribution is 6.74. The molecule has 3 atom stereocenters. The van der Waals surface area contributed by atoms with Gasteiger partial charge in [0.2, 0.25) is 0 Å². The maximum Gasteiger partial charge on any atom is 0.192 e. The highest BCUT2D eigenvalue weighted by Gasteiger charge is 2.42. The van der Waals surface area contributed by atoms with Crippen LogP contribution in [-0.4, -0.2) is 26.6 Å². The Labute approximate surface area is 176 Å². The zero-order chi connectivity index (χ0) is 21.0. The molecule has 164 valence electrons. The van der Waals surface area contributed by atoms with Crippen molar-refractivity contribution in [2.45, 2.75) is 148 Å². The second-order valence-electron chi connectivity index (χ2n) is 10.3. The van der Waals surface area contributed by atoms with E-state index < -0.39 is 8.32 Å². The number of hydrogen-bond acceptors (Lipinski definition) is 3. The van der Waals surface area contributed by atoms with E-state index in [1.165, 1.54) is 64.2 Å². The quantitative estimate of drug-likeness (QED) is 0.217. The van der Waals surface area contributed by atoms with E-state index in [4.69, 9.17) is 9.16 Å². The summed E-state index contributed by atoms with van der Waals surface area (Å²) in [6.07, 6.45) is 16.5. The van der Waals surface area contributed by atoms with Crippen molar-refractivity contribution in [2.24, 2.45) is 0 Å². The van der Waals surface area contributed by atoms with Crippen molar-refractivity contribution in [1.82, 2.24) is 0 Å². The zero-order valence-electron chi connectivity index (χ0n) is 19.7. The molecule has 0 spiro atoms. The van der Waals surface area contributed by atoms with Crippen molar-refractivity contribution in [3.8, 4) is 6.07 Å². The van der Waals surface area contributed by atoms with Gasteiger partial charge in [0.25, 0.3) is 0 Å². The van der Waals surface area contributed by atoms with Crippen LogP contribution < -0.4 is 0 Å². The molecule has 0 aromatic heterocycles. The predicted octanol–water partition coefficient (Wildman–Crippen LogP) is 7.76. The summed E-state index contributed by atoms with van der Waals surface area (Å²) in [5.74, 6) is 0. The fraction of sp³-hybridized carbons (Fsp3) is 0.958. The minimum absolute atomic E-state index is 0.109. The first kappa shape index (κ1) is 25.7. The third-order valence-corrected chi connectivity index (χ3v) is 11.2. The molecule has 1 saturated heterocycles. The molecule has 0 bridgehead atoms. The highest BCUT2D eigenvalue weighted by atomic mass is 28.4. The normalized spacial score (nSPS) is 21.6. The molecule has 1 heterocycles. The monoisotopic (exact) mass is 409 g/mol. The molecule has 3 nitrogen and oxygen atoms in total. The van der Waals surface area contributed by atoms with Crippen molar-refractivity contribution < 1.29 is 9.16 Å². The molecule has 1 aliphatic rings. The van der Waals surface area contributed by atoms with E-state index >= 15 is 0 Å². The Kier molecular flexibility index (Phi) is 11.9. The molecule has 0 N–H and O–H groups in total. The molecule has 4 heteroatoms. The van der Waals surface area contributed by atoms with Crippen LogP contribution in [0.15, 0.2) is 0 Å². The van der Waals surface area contributed by atoms with E-state index in [1.807, 2.05) is 0 Å². The molecule has 1 rings (SSSR count). The average molecular weight is 410 g/mol. The van der Waals surface area contributed by atoms with Gasteiger partial charge in [0.15, 0.2) is 8.32 Å². The van der Waals surface area contributed by atoms with Crippen LogP contribution in [0.4, 0.5) is 0 Å². The van der Waals surface area contributed by atoms with Gasteiger partial charge in [-0.05, 0) is 37.4 Å². The van der Waals surface area contributed by atoms with E-state index in [9.17, 15) is 5.26 Å². The topological polar surface area (TPSA) is 42.2 Å². The molecule has 0 aromatic carbocycles. The zero-order valence-corrected chi connectivity index (χ0v) is 20.7. The van der Waals surface area contributed by atoms with Gasteiger partial charge in [-0.1, -0.05) is 91.9 Å². The number of hydrogen-bond donors (Lipinski definition) is 0. The lowest BCUT2D eigenvalue weighted by Crippen LogP contribution is -2.47. The highest BCUT2D eigenvalue weighted by Crippen LogP contribution is 2.39. The van der Waals surface area contributed by atoms with Crippen LogP contribution in [0.5, 0.6) is 0 Å². The first-order chi connectivity index (χ1) is 13.2. The number of nitrogens with zero attached hydrogens (tertiary/aromatic N) is 1. The molecule has 0 aromatic rings. The summed E-state index contributed by atoms with van der Waals surface area (Å²) in [7, 11) is -1.83. The number of unbranched alkanes of at least 4 members (excludes halogenated alkanes) is 9. The fourth-order valence-electron chi connectivity index (χ4n) is 3.74. The molecular formula is C24H47NO2Si. The lowest BCUT2D eigenvalue weighted by Gasteiger charge is -2.40. The van der Waals surface area contributed by atoms with Crippen molar-refractivity contribution in [1.29, 1.82) is 5.26 Å². The molecular weight excluding hydrogens is 362 g/mol. The van der Waals surface area contributed by atoms with Crippen LogP contribution in [0.3, 0.4) is 0 Å². The Balaban J connectivity index is 2.37. The second-order valence-corrected chi connectivity index (χ2v) is 15.0. The van der Waals surface area contributed by atoms with Crippen molar-refractivity contribution in [3.63, 3.8) is 0 Å². The molecule has 1 aliphatic heterocycles. The SMILES string of the molecule is CCCCCCCCCCCC[C@H](O[Si](C)(C)C(C)(C)C)[C@@H]1CC[C@@H](C#N)O1. The van der Waals surface area contributed by atoms with Gasteiger partial charge in [-0.2, -0.15) is 5.26 Å². The average Bonchev–Trinajstić information content (AvgIpc) is 3.10. The summed E-state index contributed by atoms with van der Waals surface area (Å²) in [5.41, 5.74) is 0. The van der Waals surface area contributed by atoms with E-state index in [1.54, 1.807) is 0 Å². The van der Waals surface area contributed by atoms with Gasteiger partial charge in [-0.15, -0.1) is 0 Å². The summed E-state index contributed by atoms with van der Waals surface area (Å²) < 4.78 is 12.8. The van der Waals surface area contributed by atoms with Gasteiger partial charge in [-0.25, -0.2) is 0 Å². The van der Waals surface area contributed by atoms with E-state index in [-0.39, 0.29) is 23.4 Å². The third-order valence-electron chi connectivity index (χ3n) is 6.71. The first-order valence-electron chi connectivity index (χ1n) is 11.9. The Morgan fingerprint density at radius 2 is 1.50 bits per heavy atom. The van der Waals surface area contributed by atoms with Crippen molar-refractivity contribution in [2.75, 3.05) is 0 Å². The summed E-state index contributed by atoms with van der Waals surface area (Å²) >= 11 is 0. The first-order valence-corrected chi connectivity index (χ1v) is 14.8.